The predicted octanol–water partition coefficient (Wildman–Crippen LogP) is 2.62. The van der Waals surface area contributed by atoms with Crippen molar-refractivity contribution in [1.82, 2.24) is 4.90 Å². The fraction of sp³-hybridized carbons (Fsp3) is 0.500. The van der Waals surface area contributed by atoms with Crippen LogP contribution in [0.15, 0.2) is 24.3 Å². The Kier molecular flexibility index (Phi) is 4.99. The molecule has 0 aliphatic heterocycles. The lowest BCUT2D eigenvalue weighted by atomic mass is 10.1. The van der Waals surface area contributed by atoms with Crippen LogP contribution >= 0.6 is 11.8 Å². The van der Waals surface area contributed by atoms with Gasteiger partial charge in [-0.05, 0) is 37.9 Å². The summed E-state index contributed by atoms with van der Waals surface area (Å²) in [6, 6.07) is 8.57. The summed E-state index contributed by atoms with van der Waals surface area (Å²) in [6.45, 7) is 3.33. The van der Waals surface area contributed by atoms with Gasteiger partial charge in [-0.25, -0.2) is 0 Å². The quantitative estimate of drug-likeness (QED) is 0.780. The maximum Gasteiger partial charge on any atom is 0.0317 e. The van der Waals surface area contributed by atoms with E-state index in [4.69, 9.17) is 5.73 Å². The highest BCUT2D eigenvalue weighted by Crippen LogP contribution is 2.20. The largest absolute Gasteiger partial charge is 0.399 e. The highest BCUT2D eigenvalue weighted by Gasteiger charge is 2.10. The van der Waals surface area contributed by atoms with E-state index in [9.17, 15) is 0 Å². The van der Waals surface area contributed by atoms with Gasteiger partial charge < -0.3 is 5.73 Å². The van der Waals surface area contributed by atoms with Gasteiger partial charge >= 0.3 is 0 Å². The van der Waals surface area contributed by atoms with Crippen molar-refractivity contribution >= 4 is 17.4 Å². The molecule has 0 amide bonds. The van der Waals surface area contributed by atoms with Crippen molar-refractivity contribution in [2.75, 3.05) is 31.3 Å². The second kappa shape index (κ2) is 6.03. The van der Waals surface area contributed by atoms with Gasteiger partial charge in [0.05, 0.1) is 0 Å². The van der Waals surface area contributed by atoms with Crippen molar-refractivity contribution in [3.63, 3.8) is 0 Å². The number of nitrogens with zero attached hydrogens (tertiary/aromatic N) is 1. The first-order chi connectivity index (χ1) is 7.15. The third-order valence-corrected chi connectivity index (χ3v) is 3.29. The smallest absolute Gasteiger partial charge is 0.0317 e. The Morgan fingerprint density at radius 1 is 1.47 bits per heavy atom. The fourth-order valence-electron chi connectivity index (χ4n) is 1.50. The summed E-state index contributed by atoms with van der Waals surface area (Å²) < 4.78 is 0. The molecule has 0 saturated carbocycles. The summed E-state index contributed by atoms with van der Waals surface area (Å²) >= 11 is 1.88. The Morgan fingerprint density at radius 2 is 2.20 bits per heavy atom. The minimum absolute atomic E-state index is 0.431. The van der Waals surface area contributed by atoms with E-state index >= 15 is 0 Å². The van der Waals surface area contributed by atoms with E-state index in [0.717, 1.165) is 12.2 Å². The van der Waals surface area contributed by atoms with Crippen LogP contribution in [-0.4, -0.2) is 30.5 Å². The van der Waals surface area contributed by atoms with Crippen LogP contribution in [0.3, 0.4) is 0 Å². The molecule has 0 heterocycles. The molecule has 0 fully saturated rings. The van der Waals surface area contributed by atoms with Crippen molar-refractivity contribution < 1.29 is 0 Å². The second-order valence-corrected chi connectivity index (χ2v) is 4.81. The van der Waals surface area contributed by atoms with Gasteiger partial charge in [0.15, 0.2) is 0 Å². The summed E-state index contributed by atoms with van der Waals surface area (Å²) in [5.41, 5.74) is 7.91. The van der Waals surface area contributed by atoms with Gasteiger partial charge in [-0.2, -0.15) is 11.8 Å². The van der Waals surface area contributed by atoms with Crippen LogP contribution in [0, 0.1) is 0 Å². The standard InChI is InChI=1S/C12H20N2S/c1-10(14(2)7-8-15-3)11-5-4-6-12(13)9-11/h4-6,9-10H,7-8,13H2,1-3H3. The molecule has 0 bridgehead atoms. The highest BCUT2D eigenvalue weighted by atomic mass is 32.2. The zero-order valence-electron chi connectivity index (χ0n) is 9.73. The van der Waals surface area contributed by atoms with Crippen LogP contribution in [-0.2, 0) is 0 Å². The summed E-state index contributed by atoms with van der Waals surface area (Å²) in [6.07, 6.45) is 2.14. The van der Waals surface area contributed by atoms with Crippen LogP contribution < -0.4 is 5.73 Å². The summed E-state index contributed by atoms with van der Waals surface area (Å²) in [5, 5.41) is 0. The number of rotatable bonds is 5. The summed E-state index contributed by atoms with van der Waals surface area (Å²) in [5.74, 6) is 1.17. The molecule has 0 saturated heterocycles. The van der Waals surface area contributed by atoms with Crippen molar-refractivity contribution in [3.8, 4) is 0 Å². The van der Waals surface area contributed by atoms with E-state index in [2.05, 4.69) is 37.3 Å². The number of nitrogen functional groups attached to an aromatic ring is 1. The highest BCUT2D eigenvalue weighted by molar-refractivity contribution is 7.98. The zero-order chi connectivity index (χ0) is 11.3. The van der Waals surface area contributed by atoms with Gasteiger partial charge in [0.2, 0.25) is 0 Å². The van der Waals surface area contributed by atoms with Crippen LogP contribution in [0.5, 0.6) is 0 Å². The number of hydrogen-bond acceptors (Lipinski definition) is 3. The van der Waals surface area contributed by atoms with Crippen LogP contribution in [0.1, 0.15) is 18.5 Å². The number of anilines is 1. The Labute approximate surface area is 96.8 Å². The lowest BCUT2D eigenvalue weighted by Gasteiger charge is -2.24. The fourth-order valence-corrected chi connectivity index (χ4v) is 1.97. The van der Waals surface area contributed by atoms with Crippen LogP contribution in [0.4, 0.5) is 5.69 Å². The van der Waals surface area contributed by atoms with Gasteiger partial charge in [0, 0.05) is 24.0 Å². The zero-order valence-corrected chi connectivity index (χ0v) is 10.6. The predicted molar refractivity (Wildman–Crippen MR) is 70.3 cm³/mol. The average molecular weight is 224 g/mol. The normalized spacial score (nSPS) is 13.1. The molecule has 15 heavy (non-hydrogen) atoms. The van der Waals surface area contributed by atoms with Crippen molar-refractivity contribution in [2.45, 2.75) is 13.0 Å². The molecule has 84 valence electrons. The molecule has 0 aliphatic carbocycles. The third-order valence-electron chi connectivity index (χ3n) is 2.70. The molecule has 0 aromatic heterocycles. The number of hydrogen-bond donors (Lipinski definition) is 1. The lowest BCUT2D eigenvalue weighted by Crippen LogP contribution is -2.24. The molecule has 1 aromatic rings. The first-order valence-electron chi connectivity index (χ1n) is 5.19. The van der Waals surface area contributed by atoms with Gasteiger partial charge in [-0.15, -0.1) is 0 Å². The maximum atomic E-state index is 5.77. The van der Waals surface area contributed by atoms with E-state index in [0.29, 0.717) is 6.04 Å². The molecule has 1 aromatic carbocycles. The van der Waals surface area contributed by atoms with Crippen molar-refractivity contribution in [3.05, 3.63) is 29.8 Å². The number of nitrogens with two attached hydrogens (primary N) is 1. The lowest BCUT2D eigenvalue weighted by molar-refractivity contribution is 0.278. The van der Waals surface area contributed by atoms with Crippen molar-refractivity contribution in [2.24, 2.45) is 0 Å². The Morgan fingerprint density at radius 3 is 2.80 bits per heavy atom. The second-order valence-electron chi connectivity index (χ2n) is 3.82. The van der Waals surface area contributed by atoms with E-state index in [1.54, 1.807) is 0 Å². The van der Waals surface area contributed by atoms with Gasteiger partial charge in [-0.1, -0.05) is 12.1 Å². The summed E-state index contributed by atoms with van der Waals surface area (Å²) in [7, 11) is 2.16. The molecule has 2 N–H and O–H groups in total. The topological polar surface area (TPSA) is 29.3 Å². The molecule has 1 rings (SSSR count). The summed E-state index contributed by atoms with van der Waals surface area (Å²) in [4.78, 5) is 2.35. The molecular weight excluding hydrogens is 204 g/mol. The molecule has 0 aliphatic rings. The molecule has 1 atom stereocenters. The van der Waals surface area contributed by atoms with Crippen molar-refractivity contribution in [1.29, 1.82) is 0 Å². The average Bonchev–Trinajstić information content (AvgIpc) is 2.24. The van der Waals surface area contributed by atoms with E-state index in [-0.39, 0.29) is 0 Å². The van der Waals surface area contributed by atoms with Gasteiger partial charge in [-0.3, -0.25) is 4.90 Å². The molecule has 1 unspecified atom stereocenters. The SMILES string of the molecule is CSCCN(C)C(C)c1cccc(N)c1. The first-order valence-corrected chi connectivity index (χ1v) is 6.59. The number of benzene rings is 1. The number of thioether (sulfide) groups is 1. The molecule has 3 heteroatoms. The molecule has 0 radical (unpaired) electrons. The van der Waals surface area contributed by atoms with Gasteiger partial charge in [0.1, 0.15) is 0 Å². The van der Waals surface area contributed by atoms with E-state index in [1.807, 2.05) is 23.9 Å². The molecule has 2 nitrogen and oxygen atoms in total. The first kappa shape index (κ1) is 12.4. The third kappa shape index (κ3) is 3.76. The molecular formula is C12H20N2S. The van der Waals surface area contributed by atoms with Crippen LogP contribution in [0.25, 0.3) is 0 Å². The Balaban J connectivity index is 2.62. The van der Waals surface area contributed by atoms with E-state index in [1.165, 1.54) is 11.3 Å². The minimum atomic E-state index is 0.431. The van der Waals surface area contributed by atoms with Gasteiger partial charge in [0.25, 0.3) is 0 Å². The Bertz CT molecular complexity index is 301. The maximum absolute atomic E-state index is 5.77. The Hall–Kier alpha value is -0.670. The minimum Gasteiger partial charge on any atom is -0.399 e. The van der Waals surface area contributed by atoms with E-state index < -0.39 is 0 Å². The molecule has 0 spiro atoms. The van der Waals surface area contributed by atoms with Crippen LogP contribution in [0.2, 0.25) is 0 Å². The monoisotopic (exact) mass is 224 g/mol.